The number of esters is 1. The molecular weight excluding hydrogens is 230 g/mol. The molecule has 0 fully saturated rings. The molecule has 4 nitrogen and oxygen atoms in total. The Morgan fingerprint density at radius 2 is 2.17 bits per heavy atom. The van der Waals surface area contributed by atoms with E-state index < -0.39 is 0 Å². The van der Waals surface area contributed by atoms with Gasteiger partial charge >= 0.3 is 5.97 Å². The molecule has 0 radical (unpaired) electrons. The molecule has 2 N–H and O–H groups in total. The van der Waals surface area contributed by atoms with Gasteiger partial charge in [0.2, 0.25) is 0 Å². The van der Waals surface area contributed by atoms with Crippen molar-refractivity contribution in [2.24, 2.45) is 0 Å². The molecule has 1 aromatic carbocycles. The average molecular weight is 251 g/mol. The molecule has 0 spiro atoms. The number of hydrogen-bond donors (Lipinski definition) is 1. The van der Waals surface area contributed by atoms with Crippen molar-refractivity contribution in [3.05, 3.63) is 29.8 Å². The Balaban J connectivity index is 2.37. The predicted octanol–water partition coefficient (Wildman–Crippen LogP) is 2.34. The predicted molar refractivity (Wildman–Crippen MR) is 71.3 cm³/mol. The van der Waals surface area contributed by atoms with Gasteiger partial charge in [-0.1, -0.05) is 12.1 Å². The number of carbonyl (C=O) groups excluding carboxylic acids is 1. The Morgan fingerprint density at radius 1 is 1.39 bits per heavy atom. The van der Waals surface area contributed by atoms with Gasteiger partial charge in [0.1, 0.15) is 0 Å². The van der Waals surface area contributed by atoms with Gasteiger partial charge in [0, 0.05) is 25.3 Å². The zero-order valence-electron chi connectivity index (χ0n) is 11.0. The van der Waals surface area contributed by atoms with Crippen LogP contribution in [0.15, 0.2) is 24.3 Å². The van der Waals surface area contributed by atoms with Crippen molar-refractivity contribution < 1.29 is 14.3 Å². The van der Waals surface area contributed by atoms with E-state index >= 15 is 0 Å². The Hall–Kier alpha value is -1.55. The smallest absolute Gasteiger partial charge is 0.313 e. The van der Waals surface area contributed by atoms with Gasteiger partial charge in [-0.15, -0.1) is 0 Å². The molecule has 18 heavy (non-hydrogen) atoms. The molecule has 0 saturated carbocycles. The van der Waals surface area contributed by atoms with Crippen molar-refractivity contribution in [3.63, 3.8) is 0 Å². The van der Waals surface area contributed by atoms with E-state index in [1.54, 1.807) is 12.1 Å². The van der Waals surface area contributed by atoms with E-state index in [4.69, 9.17) is 15.2 Å². The summed E-state index contributed by atoms with van der Waals surface area (Å²) in [4.78, 5) is 11.8. The highest BCUT2D eigenvalue weighted by atomic mass is 16.5. The summed E-state index contributed by atoms with van der Waals surface area (Å²) in [6.07, 6.45) is 0.725. The summed E-state index contributed by atoms with van der Waals surface area (Å²) in [5.74, 6) is -0.516. The van der Waals surface area contributed by atoms with E-state index in [1.807, 2.05) is 26.0 Å². The molecule has 1 rings (SSSR count). The first-order chi connectivity index (χ1) is 8.65. The standard InChI is InChI=1S/C14H21NO3/c1-3-17-8-5-9-18-14(16)11(2)12-6-4-7-13(15)10-12/h4,6-7,10-11H,3,5,8-9,15H2,1-2H3. The van der Waals surface area contributed by atoms with Crippen LogP contribution in [0.1, 0.15) is 31.7 Å². The van der Waals surface area contributed by atoms with Gasteiger partial charge in [-0.3, -0.25) is 4.79 Å². The zero-order valence-corrected chi connectivity index (χ0v) is 11.0. The molecule has 0 amide bonds. The molecule has 100 valence electrons. The highest BCUT2D eigenvalue weighted by molar-refractivity contribution is 5.78. The maximum Gasteiger partial charge on any atom is 0.313 e. The maximum absolute atomic E-state index is 11.8. The molecule has 0 saturated heterocycles. The van der Waals surface area contributed by atoms with E-state index in [1.165, 1.54) is 0 Å². The van der Waals surface area contributed by atoms with Gasteiger partial charge in [0.05, 0.1) is 12.5 Å². The highest BCUT2D eigenvalue weighted by Gasteiger charge is 2.16. The first-order valence-corrected chi connectivity index (χ1v) is 6.25. The summed E-state index contributed by atoms with van der Waals surface area (Å²) in [6, 6.07) is 7.31. The highest BCUT2D eigenvalue weighted by Crippen LogP contribution is 2.19. The van der Waals surface area contributed by atoms with Crippen LogP contribution in [0.25, 0.3) is 0 Å². The van der Waals surface area contributed by atoms with Crippen LogP contribution in [0.4, 0.5) is 5.69 Å². The first kappa shape index (κ1) is 14.5. The third-order valence-electron chi connectivity index (χ3n) is 2.65. The fourth-order valence-electron chi connectivity index (χ4n) is 1.57. The molecule has 0 aliphatic carbocycles. The summed E-state index contributed by atoms with van der Waals surface area (Å²) >= 11 is 0. The lowest BCUT2D eigenvalue weighted by Gasteiger charge is -2.12. The third-order valence-corrected chi connectivity index (χ3v) is 2.65. The van der Waals surface area contributed by atoms with Crippen LogP contribution in [0.2, 0.25) is 0 Å². The average Bonchev–Trinajstić information content (AvgIpc) is 2.37. The minimum absolute atomic E-state index is 0.225. The maximum atomic E-state index is 11.8. The van der Waals surface area contributed by atoms with Crippen LogP contribution in [0, 0.1) is 0 Å². The Morgan fingerprint density at radius 3 is 2.83 bits per heavy atom. The van der Waals surface area contributed by atoms with Crippen molar-refractivity contribution in [2.75, 3.05) is 25.6 Å². The SMILES string of the molecule is CCOCCCOC(=O)C(C)c1cccc(N)c1. The number of nitrogen functional groups attached to an aromatic ring is 1. The fourth-order valence-corrected chi connectivity index (χ4v) is 1.57. The molecule has 1 aromatic rings. The van der Waals surface area contributed by atoms with Gasteiger partial charge in [0.15, 0.2) is 0 Å². The topological polar surface area (TPSA) is 61.5 Å². The number of carbonyl (C=O) groups is 1. The second kappa shape index (κ2) is 7.71. The van der Waals surface area contributed by atoms with Crippen LogP contribution >= 0.6 is 0 Å². The van der Waals surface area contributed by atoms with Gasteiger partial charge in [-0.2, -0.15) is 0 Å². The zero-order chi connectivity index (χ0) is 13.4. The van der Waals surface area contributed by atoms with Crippen LogP contribution in [0.5, 0.6) is 0 Å². The molecule has 4 heteroatoms. The summed E-state index contributed by atoms with van der Waals surface area (Å²) in [6.45, 7) is 5.46. The summed E-state index contributed by atoms with van der Waals surface area (Å²) < 4.78 is 10.4. The van der Waals surface area contributed by atoms with E-state index in [0.29, 0.717) is 25.5 Å². The Kier molecular flexibility index (Phi) is 6.22. The van der Waals surface area contributed by atoms with Crippen LogP contribution < -0.4 is 5.73 Å². The van der Waals surface area contributed by atoms with Crippen molar-refractivity contribution in [1.29, 1.82) is 0 Å². The lowest BCUT2D eigenvalue weighted by atomic mass is 10.0. The second-order valence-corrected chi connectivity index (χ2v) is 4.11. The molecular formula is C14H21NO3. The Labute approximate surface area is 108 Å². The number of benzene rings is 1. The third kappa shape index (κ3) is 4.75. The summed E-state index contributed by atoms with van der Waals surface area (Å²) in [7, 11) is 0. The quantitative estimate of drug-likeness (QED) is 0.459. The van der Waals surface area contributed by atoms with Gasteiger partial charge in [0.25, 0.3) is 0 Å². The number of nitrogens with two attached hydrogens (primary N) is 1. The van der Waals surface area contributed by atoms with Crippen molar-refractivity contribution >= 4 is 11.7 Å². The fraction of sp³-hybridized carbons (Fsp3) is 0.500. The van der Waals surface area contributed by atoms with Crippen molar-refractivity contribution in [1.82, 2.24) is 0 Å². The monoisotopic (exact) mass is 251 g/mol. The van der Waals surface area contributed by atoms with Crippen molar-refractivity contribution in [2.45, 2.75) is 26.2 Å². The van der Waals surface area contributed by atoms with Crippen LogP contribution in [-0.4, -0.2) is 25.8 Å². The van der Waals surface area contributed by atoms with E-state index in [0.717, 1.165) is 12.0 Å². The van der Waals surface area contributed by atoms with E-state index in [9.17, 15) is 4.79 Å². The summed E-state index contributed by atoms with van der Waals surface area (Å²) in [5.41, 5.74) is 7.22. The van der Waals surface area contributed by atoms with E-state index in [2.05, 4.69) is 0 Å². The molecule has 1 atom stereocenters. The minimum Gasteiger partial charge on any atom is -0.465 e. The Bertz CT molecular complexity index is 379. The minimum atomic E-state index is -0.291. The van der Waals surface area contributed by atoms with Crippen LogP contribution in [-0.2, 0) is 14.3 Å². The van der Waals surface area contributed by atoms with Gasteiger partial charge in [-0.25, -0.2) is 0 Å². The van der Waals surface area contributed by atoms with Crippen LogP contribution in [0.3, 0.4) is 0 Å². The van der Waals surface area contributed by atoms with Gasteiger partial charge < -0.3 is 15.2 Å². The van der Waals surface area contributed by atoms with Gasteiger partial charge in [-0.05, 0) is 31.5 Å². The lowest BCUT2D eigenvalue weighted by molar-refractivity contribution is -0.145. The molecule has 0 aliphatic heterocycles. The first-order valence-electron chi connectivity index (χ1n) is 6.25. The molecule has 0 aliphatic rings. The lowest BCUT2D eigenvalue weighted by Crippen LogP contribution is -2.15. The number of rotatable bonds is 7. The number of anilines is 1. The number of hydrogen-bond acceptors (Lipinski definition) is 4. The second-order valence-electron chi connectivity index (χ2n) is 4.11. The molecule has 0 heterocycles. The van der Waals surface area contributed by atoms with Crippen molar-refractivity contribution in [3.8, 4) is 0 Å². The molecule has 0 aromatic heterocycles. The molecule has 0 bridgehead atoms. The normalized spacial score (nSPS) is 12.1. The van der Waals surface area contributed by atoms with E-state index in [-0.39, 0.29) is 11.9 Å². The molecule has 1 unspecified atom stereocenters. The summed E-state index contributed by atoms with van der Waals surface area (Å²) in [5, 5.41) is 0. The largest absolute Gasteiger partial charge is 0.465 e. The number of ether oxygens (including phenoxy) is 2.